The Morgan fingerprint density at radius 1 is 1.05 bits per heavy atom. The molecule has 0 aliphatic carbocycles. The predicted octanol–water partition coefficient (Wildman–Crippen LogP) is 5.43. The Kier molecular flexibility index (Phi) is 6.27. The van der Waals surface area contributed by atoms with E-state index < -0.39 is 0 Å². The third-order valence-electron chi connectivity index (χ3n) is 3.36. The minimum atomic E-state index is -0.188. The van der Waals surface area contributed by atoms with Crippen LogP contribution in [0.5, 0.6) is 0 Å². The third kappa shape index (κ3) is 4.87. The first kappa shape index (κ1) is 16.1. The Balaban J connectivity index is 2.04. The van der Waals surface area contributed by atoms with E-state index in [4.69, 9.17) is 0 Å². The zero-order valence-electron chi connectivity index (χ0n) is 12.6. The highest BCUT2D eigenvalue weighted by Gasteiger charge is 2.08. The van der Waals surface area contributed by atoms with Crippen molar-refractivity contribution in [2.24, 2.45) is 0 Å². The molecule has 0 spiro atoms. The van der Waals surface area contributed by atoms with Crippen molar-refractivity contribution < 1.29 is 4.39 Å². The van der Waals surface area contributed by atoms with Crippen molar-refractivity contribution in [3.8, 4) is 0 Å². The van der Waals surface area contributed by atoms with E-state index in [1.54, 1.807) is 23.9 Å². The highest BCUT2D eigenvalue weighted by atomic mass is 32.2. The molecule has 0 aromatic heterocycles. The normalized spacial score (nSPS) is 12.3. The van der Waals surface area contributed by atoms with Gasteiger partial charge in [-0.25, -0.2) is 4.39 Å². The Labute approximate surface area is 131 Å². The summed E-state index contributed by atoms with van der Waals surface area (Å²) >= 11 is 1.59. The molecule has 0 bridgehead atoms. The second kappa shape index (κ2) is 8.20. The molecule has 1 nitrogen and oxygen atoms in total. The molecule has 0 fully saturated rings. The van der Waals surface area contributed by atoms with Gasteiger partial charge < -0.3 is 5.32 Å². The maximum Gasteiger partial charge on any atom is 0.124 e. The van der Waals surface area contributed by atoms with E-state index in [0.717, 1.165) is 29.2 Å². The molecule has 2 aromatic rings. The lowest BCUT2D eigenvalue weighted by atomic mass is 10.0. The minimum Gasteiger partial charge on any atom is -0.310 e. The molecule has 1 unspecified atom stereocenters. The van der Waals surface area contributed by atoms with Crippen LogP contribution in [0.1, 0.15) is 38.3 Å². The summed E-state index contributed by atoms with van der Waals surface area (Å²) in [5, 5.41) is 3.56. The first-order valence-corrected chi connectivity index (χ1v) is 8.31. The Bertz CT molecular complexity index is 553. The van der Waals surface area contributed by atoms with E-state index in [0.29, 0.717) is 6.04 Å². The topological polar surface area (TPSA) is 12.0 Å². The van der Waals surface area contributed by atoms with Gasteiger partial charge in [0, 0.05) is 15.8 Å². The van der Waals surface area contributed by atoms with Crippen LogP contribution in [-0.4, -0.2) is 6.54 Å². The fourth-order valence-electron chi connectivity index (χ4n) is 2.25. The molecule has 3 heteroatoms. The highest BCUT2D eigenvalue weighted by Crippen LogP contribution is 2.29. The summed E-state index contributed by atoms with van der Waals surface area (Å²) in [6.45, 7) is 5.42. The van der Waals surface area contributed by atoms with Crippen LogP contribution in [-0.2, 0) is 0 Å². The SMILES string of the molecule is CCCNC(CC)c1ccc(Sc2cccc(F)c2)cc1. The minimum absolute atomic E-state index is 0.188. The summed E-state index contributed by atoms with van der Waals surface area (Å²) in [6.07, 6.45) is 2.22. The second-order valence-corrected chi connectivity index (χ2v) is 6.19. The summed E-state index contributed by atoms with van der Waals surface area (Å²) in [5.41, 5.74) is 1.31. The number of benzene rings is 2. The van der Waals surface area contributed by atoms with Crippen molar-refractivity contribution in [3.63, 3.8) is 0 Å². The molecule has 1 atom stereocenters. The van der Waals surface area contributed by atoms with Gasteiger partial charge in [0.25, 0.3) is 0 Å². The van der Waals surface area contributed by atoms with E-state index in [1.807, 2.05) is 6.07 Å². The quantitative estimate of drug-likeness (QED) is 0.732. The first-order valence-electron chi connectivity index (χ1n) is 7.49. The van der Waals surface area contributed by atoms with Gasteiger partial charge in [0.1, 0.15) is 5.82 Å². The molecular formula is C18H22FNS. The Hall–Kier alpha value is -1.32. The van der Waals surface area contributed by atoms with Gasteiger partial charge in [-0.2, -0.15) is 0 Å². The monoisotopic (exact) mass is 303 g/mol. The summed E-state index contributed by atoms with van der Waals surface area (Å²) < 4.78 is 13.2. The van der Waals surface area contributed by atoms with Crippen LogP contribution in [0.3, 0.4) is 0 Å². The lowest BCUT2D eigenvalue weighted by molar-refractivity contribution is 0.518. The van der Waals surface area contributed by atoms with Crippen LogP contribution in [0, 0.1) is 5.82 Å². The van der Waals surface area contributed by atoms with Gasteiger partial charge in [0.2, 0.25) is 0 Å². The molecule has 0 aliphatic rings. The van der Waals surface area contributed by atoms with E-state index in [9.17, 15) is 4.39 Å². The van der Waals surface area contributed by atoms with Crippen molar-refractivity contribution in [2.75, 3.05) is 6.54 Å². The summed E-state index contributed by atoms with van der Waals surface area (Å²) in [5.74, 6) is -0.188. The zero-order chi connectivity index (χ0) is 15.1. The Morgan fingerprint density at radius 3 is 2.43 bits per heavy atom. The van der Waals surface area contributed by atoms with Crippen LogP contribution in [0.2, 0.25) is 0 Å². The van der Waals surface area contributed by atoms with Crippen molar-refractivity contribution >= 4 is 11.8 Å². The van der Waals surface area contributed by atoms with Gasteiger partial charge in [-0.3, -0.25) is 0 Å². The summed E-state index contributed by atoms with van der Waals surface area (Å²) in [6, 6.07) is 15.7. The van der Waals surface area contributed by atoms with Crippen LogP contribution >= 0.6 is 11.8 Å². The summed E-state index contributed by atoms with van der Waals surface area (Å²) in [7, 11) is 0. The van der Waals surface area contributed by atoms with E-state index in [1.165, 1.54) is 11.6 Å². The zero-order valence-corrected chi connectivity index (χ0v) is 13.4. The number of hydrogen-bond donors (Lipinski definition) is 1. The maximum atomic E-state index is 13.2. The van der Waals surface area contributed by atoms with Gasteiger partial charge in [-0.05, 0) is 55.3 Å². The van der Waals surface area contributed by atoms with Gasteiger partial charge in [-0.1, -0.05) is 43.8 Å². The van der Waals surface area contributed by atoms with Crippen molar-refractivity contribution in [1.82, 2.24) is 5.32 Å². The fraction of sp³-hybridized carbons (Fsp3) is 0.333. The van der Waals surface area contributed by atoms with Crippen LogP contribution < -0.4 is 5.32 Å². The average Bonchev–Trinajstić information content (AvgIpc) is 2.49. The molecular weight excluding hydrogens is 281 g/mol. The predicted molar refractivity (Wildman–Crippen MR) is 88.3 cm³/mol. The largest absolute Gasteiger partial charge is 0.310 e. The van der Waals surface area contributed by atoms with Crippen LogP contribution in [0.4, 0.5) is 4.39 Å². The van der Waals surface area contributed by atoms with Crippen molar-refractivity contribution in [3.05, 3.63) is 59.9 Å². The molecule has 0 saturated carbocycles. The van der Waals surface area contributed by atoms with Crippen LogP contribution in [0.15, 0.2) is 58.3 Å². The van der Waals surface area contributed by atoms with E-state index in [-0.39, 0.29) is 5.82 Å². The van der Waals surface area contributed by atoms with Gasteiger partial charge >= 0.3 is 0 Å². The third-order valence-corrected chi connectivity index (χ3v) is 4.36. The molecule has 2 aromatic carbocycles. The number of hydrogen-bond acceptors (Lipinski definition) is 2. The maximum absolute atomic E-state index is 13.2. The number of halogens is 1. The van der Waals surface area contributed by atoms with Crippen LogP contribution in [0.25, 0.3) is 0 Å². The average molecular weight is 303 g/mol. The van der Waals surface area contributed by atoms with Crippen molar-refractivity contribution in [2.45, 2.75) is 42.5 Å². The Morgan fingerprint density at radius 2 is 1.81 bits per heavy atom. The standard InChI is InChI=1S/C18H22FNS/c1-3-12-20-18(4-2)14-8-10-16(11-9-14)21-17-7-5-6-15(19)13-17/h5-11,13,18,20H,3-4,12H2,1-2H3. The molecule has 0 aliphatic heterocycles. The highest BCUT2D eigenvalue weighted by molar-refractivity contribution is 7.99. The van der Waals surface area contributed by atoms with Gasteiger partial charge in [0.05, 0.1) is 0 Å². The molecule has 21 heavy (non-hydrogen) atoms. The molecule has 112 valence electrons. The first-order chi connectivity index (χ1) is 10.2. The lowest BCUT2D eigenvalue weighted by Gasteiger charge is -2.17. The van der Waals surface area contributed by atoms with Gasteiger partial charge in [-0.15, -0.1) is 0 Å². The van der Waals surface area contributed by atoms with Crippen molar-refractivity contribution in [1.29, 1.82) is 0 Å². The number of rotatable bonds is 7. The smallest absolute Gasteiger partial charge is 0.124 e. The molecule has 2 rings (SSSR count). The second-order valence-electron chi connectivity index (χ2n) is 5.04. The van der Waals surface area contributed by atoms with E-state index >= 15 is 0 Å². The molecule has 0 heterocycles. The molecule has 0 radical (unpaired) electrons. The molecule has 1 N–H and O–H groups in total. The van der Waals surface area contributed by atoms with Gasteiger partial charge in [0.15, 0.2) is 0 Å². The lowest BCUT2D eigenvalue weighted by Crippen LogP contribution is -2.21. The fourth-order valence-corrected chi connectivity index (χ4v) is 3.11. The summed E-state index contributed by atoms with van der Waals surface area (Å²) in [4.78, 5) is 2.06. The number of nitrogens with one attached hydrogen (secondary N) is 1. The molecule has 0 saturated heterocycles. The van der Waals surface area contributed by atoms with E-state index in [2.05, 4.69) is 43.4 Å². The molecule has 0 amide bonds.